The van der Waals surface area contributed by atoms with E-state index in [1.807, 2.05) is 24.3 Å². The topological polar surface area (TPSA) is 58.6 Å². The fraction of sp³-hybridized carbons (Fsp3) is 0.600. The summed E-state index contributed by atoms with van der Waals surface area (Å²) in [6, 6.07) is 7.51. The Morgan fingerprint density at radius 1 is 1.43 bits per heavy atom. The van der Waals surface area contributed by atoms with Crippen LogP contribution in [0.25, 0.3) is 0 Å². The van der Waals surface area contributed by atoms with Crippen LogP contribution in [0.5, 0.6) is 5.75 Å². The lowest BCUT2D eigenvalue weighted by Crippen LogP contribution is -2.38. The molecule has 118 valence electrons. The molecule has 2 rings (SSSR count). The quantitative estimate of drug-likeness (QED) is 0.864. The predicted molar refractivity (Wildman–Crippen MR) is 83.8 cm³/mol. The smallest absolute Gasteiger partial charge is 0.214 e. The van der Waals surface area contributed by atoms with E-state index in [4.69, 9.17) is 4.74 Å². The largest absolute Gasteiger partial charge is 0.497 e. The summed E-state index contributed by atoms with van der Waals surface area (Å²) >= 11 is 0. The van der Waals surface area contributed by atoms with E-state index in [-0.39, 0.29) is 11.7 Å². The number of rotatable bonds is 6. The molecule has 1 unspecified atom stereocenters. The van der Waals surface area contributed by atoms with Gasteiger partial charge in [-0.05, 0) is 49.5 Å². The predicted octanol–water partition coefficient (Wildman–Crippen LogP) is 1.46. The van der Waals surface area contributed by atoms with Crippen LogP contribution in [0.3, 0.4) is 0 Å². The third-order valence-electron chi connectivity index (χ3n) is 3.86. The fourth-order valence-corrected chi connectivity index (χ4v) is 4.10. The molecule has 1 aliphatic heterocycles. The van der Waals surface area contributed by atoms with Gasteiger partial charge in [-0.1, -0.05) is 12.1 Å². The summed E-state index contributed by atoms with van der Waals surface area (Å²) in [6.07, 6.45) is 2.04. The summed E-state index contributed by atoms with van der Waals surface area (Å²) in [7, 11) is 0.0255. The van der Waals surface area contributed by atoms with E-state index in [2.05, 4.69) is 5.32 Å². The minimum Gasteiger partial charge on any atom is -0.497 e. The molecule has 1 aromatic rings. The van der Waals surface area contributed by atoms with Gasteiger partial charge in [-0.25, -0.2) is 12.7 Å². The number of sulfonamides is 1. The summed E-state index contributed by atoms with van der Waals surface area (Å²) in [6.45, 7) is 2.17. The van der Waals surface area contributed by atoms with Crippen molar-refractivity contribution in [3.8, 4) is 5.75 Å². The Hall–Kier alpha value is -1.11. The van der Waals surface area contributed by atoms with E-state index in [1.54, 1.807) is 14.2 Å². The van der Waals surface area contributed by atoms with Crippen molar-refractivity contribution in [1.82, 2.24) is 9.62 Å². The van der Waals surface area contributed by atoms with Crippen LogP contribution in [0.4, 0.5) is 0 Å². The van der Waals surface area contributed by atoms with Crippen molar-refractivity contribution in [3.05, 3.63) is 29.8 Å². The van der Waals surface area contributed by atoms with Crippen LogP contribution in [-0.4, -0.2) is 45.7 Å². The average Bonchev–Trinajstić information content (AvgIpc) is 2.48. The van der Waals surface area contributed by atoms with Gasteiger partial charge in [-0.2, -0.15) is 0 Å². The molecule has 0 aliphatic carbocycles. The highest BCUT2D eigenvalue weighted by atomic mass is 32.2. The van der Waals surface area contributed by atoms with E-state index in [0.29, 0.717) is 6.54 Å². The molecule has 1 aliphatic rings. The summed E-state index contributed by atoms with van der Waals surface area (Å²) < 4.78 is 31.5. The SMILES string of the molecule is COc1cccc(CN(C)S(=O)(=O)CC2CCCNC2)c1. The lowest BCUT2D eigenvalue weighted by Gasteiger charge is -2.25. The number of nitrogens with zero attached hydrogens (tertiary/aromatic N) is 1. The van der Waals surface area contributed by atoms with Gasteiger partial charge in [0.05, 0.1) is 12.9 Å². The van der Waals surface area contributed by atoms with Crippen molar-refractivity contribution in [2.24, 2.45) is 5.92 Å². The third-order valence-corrected chi connectivity index (χ3v) is 5.83. The minimum atomic E-state index is -3.23. The van der Waals surface area contributed by atoms with Crippen molar-refractivity contribution in [1.29, 1.82) is 0 Å². The second-order valence-electron chi connectivity index (χ2n) is 5.60. The van der Waals surface area contributed by atoms with Crippen molar-refractivity contribution in [2.75, 3.05) is 33.0 Å². The Morgan fingerprint density at radius 3 is 2.90 bits per heavy atom. The molecule has 1 saturated heterocycles. The molecule has 0 aromatic heterocycles. The van der Waals surface area contributed by atoms with Crippen molar-refractivity contribution < 1.29 is 13.2 Å². The maximum Gasteiger partial charge on any atom is 0.214 e. The molecule has 21 heavy (non-hydrogen) atoms. The van der Waals surface area contributed by atoms with Crippen LogP contribution in [-0.2, 0) is 16.6 Å². The molecule has 1 atom stereocenters. The number of benzene rings is 1. The summed E-state index contributed by atoms with van der Waals surface area (Å²) in [5.74, 6) is 1.19. The molecule has 1 heterocycles. The monoisotopic (exact) mass is 312 g/mol. The molecule has 0 amide bonds. The highest BCUT2D eigenvalue weighted by Gasteiger charge is 2.24. The Bertz CT molecular complexity index is 554. The lowest BCUT2D eigenvalue weighted by molar-refractivity contribution is 0.390. The van der Waals surface area contributed by atoms with Gasteiger partial charge >= 0.3 is 0 Å². The van der Waals surface area contributed by atoms with E-state index >= 15 is 0 Å². The molecular formula is C15H24N2O3S. The number of nitrogens with one attached hydrogen (secondary N) is 1. The third kappa shape index (κ3) is 4.69. The summed E-state index contributed by atoms with van der Waals surface area (Å²) in [4.78, 5) is 0. The summed E-state index contributed by atoms with van der Waals surface area (Å²) in [5.41, 5.74) is 0.933. The van der Waals surface area contributed by atoms with Crippen molar-refractivity contribution >= 4 is 10.0 Å². The maximum atomic E-state index is 12.4. The molecule has 0 radical (unpaired) electrons. The van der Waals surface area contributed by atoms with Crippen molar-refractivity contribution in [3.63, 3.8) is 0 Å². The van der Waals surface area contributed by atoms with Gasteiger partial charge in [-0.3, -0.25) is 0 Å². The van der Waals surface area contributed by atoms with Gasteiger partial charge < -0.3 is 10.1 Å². The van der Waals surface area contributed by atoms with Crippen LogP contribution >= 0.6 is 0 Å². The second kappa shape index (κ2) is 7.24. The molecule has 5 nitrogen and oxygen atoms in total. The minimum absolute atomic E-state index is 0.219. The average molecular weight is 312 g/mol. The first-order valence-electron chi connectivity index (χ1n) is 7.29. The lowest BCUT2D eigenvalue weighted by atomic mass is 10.0. The van der Waals surface area contributed by atoms with E-state index in [1.165, 1.54) is 4.31 Å². The first-order chi connectivity index (χ1) is 10.0. The number of hydrogen-bond donors (Lipinski definition) is 1. The zero-order valence-electron chi connectivity index (χ0n) is 12.7. The first-order valence-corrected chi connectivity index (χ1v) is 8.90. The molecular weight excluding hydrogens is 288 g/mol. The highest BCUT2D eigenvalue weighted by molar-refractivity contribution is 7.89. The van der Waals surface area contributed by atoms with Crippen LogP contribution in [0, 0.1) is 5.92 Å². The maximum absolute atomic E-state index is 12.4. The molecule has 0 saturated carbocycles. The Kier molecular flexibility index (Phi) is 5.61. The molecule has 1 fully saturated rings. The molecule has 1 N–H and O–H groups in total. The molecule has 1 aromatic carbocycles. The zero-order chi connectivity index (χ0) is 15.3. The van der Waals surface area contributed by atoms with E-state index in [9.17, 15) is 8.42 Å². The van der Waals surface area contributed by atoms with E-state index < -0.39 is 10.0 Å². The zero-order valence-corrected chi connectivity index (χ0v) is 13.5. The van der Waals surface area contributed by atoms with Gasteiger partial charge in [0.2, 0.25) is 10.0 Å². The summed E-state index contributed by atoms with van der Waals surface area (Å²) in [5, 5.41) is 3.26. The number of methoxy groups -OCH3 is 1. The number of hydrogen-bond acceptors (Lipinski definition) is 4. The fourth-order valence-electron chi connectivity index (χ4n) is 2.62. The van der Waals surface area contributed by atoms with Gasteiger partial charge in [0.25, 0.3) is 0 Å². The van der Waals surface area contributed by atoms with Crippen LogP contribution in [0.1, 0.15) is 18.4 Å². The van der Waals surface area contributed by atoms with Crippen LogP contribution in [0.15, 0.2) is 24.3 Å². The standard InChI is InChI=1S/C15H24N2O3S/c1-17(11-13-5-3-7-15(9-13)20-2)21(18,19)12-14-6-4-8-16-10-14/h3,5,7,9,14,16H,4,6,8,10-12H2,1-2H3. The van der Waals surface area contributed by atoms with Crippen LogP contribution in [0.2, 0.25) is 0 Å². The van der Waals surface area contributed by atoms with Crippen LogP contribution < -0.4 is 10.1 Å². The molecule has 0 spiro atoms. The van der Waals surface area contributed by atoms with Crippen molar-refractivity contribution in [2.45, 2.75) is 19.4 Å². The Balaban J connectivity index is 1.98. The highest BCUT2D eigenvalue weighted by Crippen LogP contribution is 2.18. The number of piperidine rings is 1. The Morgan fingerprint density at radius 2 is 2.24 bits per heavy atom. The van der Waals surface area contributed by atoms with Gasteiger partial charge in [-0.15, -0.1) is 0 Å². The van der Waals surface area contributed by atoms with Gasteiger partial charge in [0, 0.05) is 13.6 Å². The van der Waals surface area contributed by atoms with Gasteiger partial charge in [0.1, 0.15) is 5.75 Å². The second-order valence-corrected chi connectivity index (χ2v) is 7.72. The number of ether oxygens (including phenoxy) is 1. The Labute approximate surface area is 127 Å². The molecule has 0 bridgehead atoms. The van der Waals surface area contributed by atoms with Gasteiger partial charge in [0.15, 0.2) is 0 Å². The molecule has 6 heteroatoms. The first kappa shape index (κ1) is 16.3. The van der Waals surface area contributed by atoms with E-state index in [0.717, 1.165) is 37.2 Å². The normalized spacial score (nSPS) is 19.7.